The van der Waals surface area contributed by atoms with E-state index in [2.05, 4.69) is 35.0 Å². The monoisotopic (exact) mass is 522 g/mol. The van der Waals surface area contributed by atoms with Crippen molar-refractivity contribution in [2.45, 2.75) is 148 Å². The molecule has 0 saturated heterocycles. The van der Waals surface area contributed by atoms with Gasteiger partial charge in [-0.05, 0) is 84.3 Å². The van der Waals surface area contributed by atoms with E-state index in [1.807, 2.05) is 7.05 Å². The Hall–Kier alpha value is -1.40. The van der Waals surface area contributed by atoms with Crippen LogP contribution in [0.2, 0.25) is 0 Å². The first kappa shape index (κ1) is 35.6. The van der Waals surface area contributed by atoms with Crippen molar-refractivity contribution in [2.24, 2.45) is 5.73 Å². The van der Waals surface area contributed by atoms with E-state index in [1.165, 1.54) is 83.5 Å². The lowest BCUT2D eigenvalue weighted by molar-refractivity contribution is -0.129. The van der Waals surface area contributed by atoms with Crippen LogP contribution in [0.25, 0.3) is 0 Å². The van der Waals surface area contributed by atoms with Gasteiger partial charge in [-0.3, -0.25) is 9.59 Å². The fraction of sp³-hybridized carbons (Fsp3) is 0.871. The molecule has 37 heavy (non-hydrogen) atoms. The zero-order chi connectivity index (χ0) is 27.2. The molecule has 0 saturated carbocycles. The molecule has 0 radical (unpaired) electrons. The van der Waals surface area contributed by atoms with Crippen molar-refractivity contribution in [1.82, 2.24) is 16.0 Å². The third kappa shape index (κ3) is 26.0. The maximum atomic E-state index is 12.6. The summed E-state index contributed by atoms with van der Waals surface area (Å²) in [6.07, 6.45) is 28.2. The Bertz CT molecular complexity index is 539. The predicted molar refractivity (Wildman–Crippen MR) is 160 cm³/mol. The highest BCUT2D eigenvalue weighted by Gasteiger charge is 2.19. The van der Waals surface area contributed by atoms with Gasteiger partial charge in [0.1, 0.15) is 6.04 Å². The zero-order valence-electron chi connectivity index (χ0n) is 24.6. The standard InChI is InChI=1S/C31H62N4O2/c1-3-4-5-6-7-8-9-10-11-12-13-14-15-16-19-25-30(36)35-29(24-20-21-26-32)31(37)34-28-23-18-17-22-27-33-2/h10-11,29,33H,3-9,12-28,32H2,1-2H3,(H,34,37)(H,35,36)/b11-10-. The Morgan fingerprint density at radius 3 is 1.89 bits per heavy atom. The van der Waals surface area contributed by atoms with Crippen molar-refractivity contribution in [2.75, 3.05) is 26.7 Å². The van der Waals surface area contributed by atoms with Crippen LogP contribution in [-0.2, 0) is 9.59 Å². The van der Waals surface area contributed by atoms with Crippen LogP contribution in [-0.4, -0.2) is 44.5 Å². The molecule has 0 aromatic carbocycles. The Morgan fingerprint density at radius 1 is 0.703 bits per heavy atom. The molecule has 0 aromatic rings. The number of unbranched alkanes of at least 4 members (excludes halogenated alkanes) is 15. The molecule has 6 heteroatoms. The van der Waals surface area contributed by atoms with Crippen molar-refractivity contribution in [3.63, 3.8) is 0 Å². The van der Waals surface area contributed by atoms with Crippen molar-refractivity contribution in [3.8, 4) is 0 Å². The average molecular weight is 523 g/mol. The normalized spacial score (nSPS) is 12.2. The number of carbonyl (C=O) groups is 2. The first-order chi connectivity index (χ1) is 18.2. The lowest BCUT2D eigenvalue weighted by atomic mass is 10.1. The fourth-order valence-corrected chi connectivity index (χ4v) is 4.50. The lowest BCUT2D eigenvalue weighted by Gasteiger charge is -2.18. The number of nitrogens with one attached hydrogen (secondary N) is 3. The minimum Gasteiger partial charge on any atom is -0.354 e. The summed E-state index contributed by atoms with van der Waals surface area (Å²) in [5, 5.41) is 9.16. The van der Waals surface area contributed by atoms with Crippen LogP contribution in [0.15, 0.2) is 12.2 Å². The van der Waals surface area contributed by atoms with E-state index < -0.39 is 6.04 Å². The largest absolute Gasteiger partial charge is 0.354 e. The van der Waals surface area contributed by atoms with E-state index >= 15 is 0 Å². The highest BCUT2D eigenvalue weighted by molar-refractivity contribution is 5.87. The number of rotatable bonds is 28. The summed E-state index contributed by atoms with van der Waals surface area (Å²) in [5.41, 5.74) is 5.61. The van der Waals surface area contributed by atoms with Crippen molar-refractivity contribution in [3.05, 3.63) is 12.2 Å². The molecule has 0 aliphatic carbocycles. The summed E-state index contributed by atoms with van der Waals surface area (Å²) >= 11 is 0. The molecule has 0 heterocycles. The second-order valence-electron chi connectivity index (χ2n) is 10.5. The maximum Gasteiger partial charge on any atom is 0.242 e. The van der Waals surface area contributed by atoms with Gasteiger partial charge in [0.05, 0.1) is 0 Å². The summed E-state index contributed by atoms with van der Waals surface area (Å²) in [6, 6.07) is -0.438. The zero-order valence-corrected chi connectivity index (χ0v) is 24.6. The second-order valence-corrected chi connectivity index (χ2v) is 10.5. The number of allylic oxidation sites excluding steroid dienone is 2. The minimum atomic E-state index is -0.438. The number of hydrogen-bond donors (Lipinski definition) is 4. The van der Waals surface area contributed by atoms with Gasteiger partial charge in [-0.2, -0.15) is 0 Å². The van der Waals surface area contributed by atoms with Gasteiger partial charge in [0.15, 0.2) is 0 Å². The van der Waals surface area contributed by atoms with Crippen LogP contribution in [0, 0.1) is 0 Å². The van der Waals surface area contributed by atoms with Crippen LogP contribution in [0.3, 0.4) is 0 Å². The Kier molecular flexibility index (Phi) is 28.1. The fourth-order valence-electron chi connectivity index (χ4n) is 4.50. The van der Waals surface area contributed by atoms with E-state index in [-0.39, 0.29) is 11.8 Å². The van der Waals surface area contributed by atoms with E-state index in [0.717, 1.165) is 45.1 Å². The van der Waals surface area contributed by atoms with Gasteiger partial charge in [-0.1, -0.05) is 83.3 Å². The summed E-state index contributed by atoms with van der Waals surface area (Å²) < 4.78 is 0. The molecule has 5 N–H and O–H groups in total. The highest BCUT2D eigenvalue weighted by Crippen LogP contribution is 2.10. The summed E-state index contributed by atoms with van der Waals surface area (Å²) in [4.78, 5) is 25.1. The van der Waals surface area contributed by atoms with Crippen LogP contribution >= 0.6 is 0 Å². The summed E-state index contributed by atoms with van der Waals surface area (Å²) in [7, 11) is 1.97. The third-order valence-electron chi connectivity index (χ3n) is 6.92. The summed E-state index contributed by atoms with van der Waals surface area (Å²) in [6.45, 7) is 4.60. The van der Waals surface area contributed by atoms with Crippen LogP contribution < -0.4 is 21.7 Å². The smallest absolute Gasteiger partial charge is 0.242 e. The number of nitrogens with two attached hydrogens (primary N) is 1. The molecule has 0 spiro atoms. The van der Waals surface area contributed by atoms with Gasteiger partial charge < -0.3 is 21.7 Å². The maximum absolute atomic E-state index is 12.6. The Balaban J connectivity index is 3.89. The quantitative estimate of drug-likeness (QED) is 0.0693. The molecule has 1 unspecified atom stereocenters. The molecular formula is C31H62N4O2. The minimum absolute atomic E-state index is 0.00223. The average Bonchev–Trinajstić information content (AvgIpc) is 2.89. The lowest BCUT2D eigenvalue weighted by Crippen LogP contribution is -2.47. The Labute approximate surface area is 229 Å². The first-order valence-corrected chi connectivity index (χ1v) is 15.7. The van der Waals surface area contributed by atoms with Crippen molar-refractivity contribution >= 4 is 11.8 Å². The van der Waals surface area contributed by atoms with Gasteiger partial charge in [0, 0.05) is 13.0 Å². The molecule has 1 atom stereocenters. The van der Waals surface area contributed by atoms with Gasteiger partial charge in [-0.25, -0.2) is 0 Å². The molecule has 0 bridgehead atoms. The van der Waals surface area contributed by atoms with Crippen LogP contribution in [0.5, 0.6) is 0 Å². The van der Waals surface area contributed by atoms with Crippen molar-refractivity contribution in [1.29, 1.82) is 0 Å². The molecule has 2 amide bonds. The van der Waals surface area contributed by atoms with Crippen molar-refractivity contribution < 1.29 is 9.59 Å². The molecular weight excluding hydrogens is 460 g/mol. The van der Waals surface area contributed by atoms with Gasteiger partial charge >= 0.3 is 0 Å². The first-order valence-electron chi connectivity index (χ1n) is 15.7. The van der Waals surface area contributed by atoms with Gasteiger partial charge in [0.2, 0.25) is 11.8 Å². The van der Waals surface area contributed by atoms with Gasteiger partial charge in [-0.15, -0.1) is 0 Å². The van der Waals surface area contributed by atoms with E-state index in [0.29, 0.717) is 25.9 Å². The molecule has 0 aromatic heterocycles. The molecule has 0 aliphatic rings. The number of carbonyl (C=O) groups excluding carboxylic acids is 2. The number of amides is 2. The van der Waals surface area contributed by atoms with Crippen LogP contribution in [0.1, 0.15) is 142 Å². The third-order valence-corrected chi connectivity index (χ3v) is 6.92. The van der Waals surface area contributed by atoms with Gasteiger partial charge in [0.25, 0.3) is 0 Å². The molecule has 0 aliphatic heterocycles. The molecule has 6 nitrogen and oxygen atoms in total. The highest BCUT2D eigenvalue weighted by atomic mass is 16.2. The predicted octanol–water partition coefficient (Wildman–Crippen LogP) is 6.53. The Morgan fingerprint density at radius 2 is 1.27 bits per heavy atom. The number of hydrogen-bond acceptors (Lipinski definition) is 4. The van der Waals surface area contributed by atoms with E-state index in [9.17, 15) is 9.59 Å². The summed E-state index contributed by atoms with van der Waals surface area (Å²) in [5.74, 6) is -0.0530. The SMILES string of the molecule is CCCCCCCC/C=C\CCCCCCCC(=O)NC(CCCCN)C(=O)NCCCCCCNC. The topological polar surface area (TPSA) is 96.2 Å². The molecule has 0 fully saturated rings. The van der Waals surface area contributed by atoms with E-state index in [4.69, 9.17) is 5.73 Å². The van der Waals surface area contributed by atoms with Crippen LogP contribution in [0.4, 0.5) is 0 Å². The molecule has 0 rings (SSSR count). The molecule has 218 valence electrons. The van der Waals surface area contributed by atoms with E-state index in [1.54, 1.807) is 0 Å². The second kappa shape index (κ2) is 29.2.